The van der Waals surface area contributed by atoms with Gasteiger partial charge in [-0.05, 0) is 44.4 Å². The first-order valence-corrected chi connectivity index (χ1v) is 7.71. The van der Waals surface area contributed by atoms with Gasteiger partial charge < -0.3 is 9.84 Å². The van der Waals surface area contributed by atoms with E-state index in [-0.39, 0.29) is 0 Å². The van der Waals surface area contributed by atoms with E-state index in [1.807, 2.05) is 38.1 Å². The minimum absolute atomic E-state index is 0.569. The molecule has 1 aliphatic rings. The number of aryl methyl sites for hydroxylation is 1. The average Bonchev–Trinajstić information content (AvgIpc) is 2.49. The Labute approximate surface area is 126 Å². The molecule has 1 N–H and O–H groups in total. The summed E-state index contributed by atoms with van der Waals surface area (Å²) in [6, 6.07) is 7.97. The first kappa shape index (κ1) is 15.8. The van der Waals surface area contributed by atoms with Crippen molar-refractivity contribution < 1.29 is 14.6 Å². The van der Waals surface area contributed by atoms with Crippen LogP contribution in [-0.4, -0.2) is 42.2 Å². The van der Waals surface area contributed by atoms with Crippen molar-refractivity contribution in [3.05, 3.63) is 29.8 Å². The third-order valence-electron chi connectivity index (χ3n) is 4.55. The molecule has 1 aromatic carbocycles. The summed E-state index contributed by atoms with van der Waals surface area (Å²) in [5.41, 5.74) is 0.561. The zero-order valence-electron chi connectivity index (χ0n) is 13.0. The molecule has 1 saturated heterocycles. The molecule has 21 heavy (non-hydrogen) atoms. The van der Waals surface area contributed by atoms with E-state index in [0.29, 0.717) is 19.6 Å². The Balaban J connectivity index is 1.86. The number of hydrogen-bond donors (Lipinski definition) is 1. The summed E-state index contributed by atoms with van der Waals surface area (Å²) in [6.45, 7) is 6.99. The maximum absolute atomic E-state index is 11.5. The highest BCUT2D eigenvalue weighted by atomic mass is 16.5. The summed E-state index contributed by atoms with van der Waals surface area (Å²) in [7, 11) is 0. The zero-order valence-corrected chi connectivity index (χ0v) is 13.0. The second-order valence-electron chi connectivity index (χ2n) is 5.93. The van der Waals surface area contributed by atoms with Crippen LogP contribution in [0.4, 0.5) is 0 Å². The Hall–Kier alpha value is -1.55. The molecule has 1 atom stereocenters. The van der Waals surface area contributed by atoms with Crippen molar-refractivity contribution in [3.8, 4) is 5.75 Å². The van der Waals surface area contributed by atoms with E-state index in [1.165, 1.54) is 0 Å². The molecular weight excluding hydrogens is 266 g/mol. The molecule has 0 amide bonds. The van der Waals surface area contributed by atoms with Gasteiger partial charge in [0.15, 0.2) is 0 Å². The lowest BCUT2D eigenvalue weighted by molar-refractivity contribution is -0.153. The quantitative estimate of drug-likeness (QED) is 0.875. The van der Waals surface area contributed by atoms with Gasteiger partial charge in [-0.3, -0.25) is 9.69 Å². The lowest BCUT2D eigenvalue weighted by Crippen LogP contribution is -2.48. The SMILES string of the molecule is CCC1(C(=O)O)CCCN(CCOc2ccccc2C)C1. The van der Waals surface area contributed by atoms with Crippen LogP contribution in [0.15, 0.2) is 24.3 Å². The van der Waals surface area contributed by atoms with E-state index < -0.39 is 11.4 Å². The van der Waals surface area contributed by atoms with Crippen LogP contribution in [0.5, 0.6) is 5.75 Å². The van der Waals surface area contributed by atoms with Crippen LogP contribution in [0.1, 0.15) is 31.7 Å². The van der Waals surface area contributed by atoms with Crippen molar-refractivity contribution >= 4 is 5.97 Å². The van der Waals surface area contributed by atoms with Gasteiger partial charge in [-0.15, -0.1) is 0 Å². The third kappa shape index (κ3) is 3.76. The van der Waals surface area contributed by atoms with E-state index in [0.717, 1.165) is 37.2 Å². The fourth-order valence-electron chi connectivity index (χ4n) is 3.04. The maximum Gasteiger partial charge on any atom is 0.310 e. The number of rotatable bonds is 6. The van der Waals surface area contributed by atoms with E-state index in [4.69, 9.17) is 4.74 Å². The summed E-state index contributed by atoms with van der Waals surface area (Å²) in [5.74, 6) is 0.254. The lowest BCUT2D eigenvalue weighted by atomic mass is 9.78. The molecule has 2 rings (SSSR count). The van der Waals surface area contributed by atoms with Crippen molar-refractivity contribution in [1.82, 2.24) is 4.90 Å². The number of nitrogens with zero attached hydrogens (tertiary/aromatic N) is 1. The van der Waals surface area contributed by atoms with Gasteiger partial charge in [0.05, 0.1) is 5.41 Å². The Morgan fingerprint density at radius 3 is 2.86 bits per heavy atom. The van der Waals surface area contributed by atoms with E-state index >= 15 is 0 Å². The Morgan fingerprint density at radius 1 is 1.43 bits per heavy atom. The zero-order chi connectivity index (χ0) is 15.3. The van der Waals surface area contributed by atoms with Crippen molar-refractivity contribution in [2.45, 2.75) is 33.1 Å². The monoisotopic (exact) mass is 291 g/mol. The van der Waals surface area contributed by atoms with Crippen LogP contribution in [0.2, 0.25) is 0 Å². The number of aliphatic carboxylic acids is 1. The van der Waals surface area contributed by atoms with E-state index in [2.05, 4.69) is 4.90 Å². The Kier molecular flexibility index (Phi) is 5.23. The minimum Gasteiger partial charge on any atom is -0.492 e. The summed E-state index contributed by atoms with van der Waals surface area (Å²) in [4.78, 5) is 13.8. The van der Waals surface area contributed by atoms with Crippen molar-refractivity contribution in [2.24, 2.45) is 5.41 Å². The highest BCUT2D eigenvalue weighted by Crippen LogP contribution is 2.33. The largest absolute Gasteiger partial charge is 0.492 e. The standard InChI is InChI=1S/C17H25NO3/c1-3-17(16(19)20)9-6-10-18(13-17)11-12-21-15-8-5-4-7-14(15)2/h4-5,7-8H,3,6,9-13H2,1-2H3,(H,19,20). The molecule has 1 aromatic rings. The number of likely N-dealkylation sites (tertiary alicyclic amines) is 1. The summed E-state index contributed by atoms with van der Waals surface area (Å²) in [5, 5.41) is 9.49. The fraction of sp³-hybridized carbons (Fsp3) is 0.588. The maximum atomic E-state index is 11.5. The van der Waals surface area contributed by atoms with Crippen LogP contribution >= 0.6 is 0 Å². The van der Waals surface area contributed by atoms with Crippen LogP contribution < -0.4 is 4.74 Å². The van der Waals surface area contributed by atoms with E-state index in [1.54, 1.807) is 0 Å². The number of piperidine rings is 1. The minimum atomic E-state index is -0.658. The molecular formula is C17H25NO3. The second-order valence-corrected chi connectivity index (χ2v) is 5.93. The molecule has 1 fully saturated rings. The van der Waals surface area contributed by atoms with E-state index in [9.17, 15) is 9.90 Å². The summed E-state index contributed by atoms with van der Waals surface area (Å²) < 4.78 is 5.81. The number of carboxylic acid groups (broad SMARTS) is 1. The smallest absolute Gasteiger partial charge is 0.310 e. The van der Waals surface area contributed by atoms with Gasteiger partial charge in [-0.1, -0.05) is 25.1 Å². The molecule has 1 heterocycles. The predicted octanol–water partition coefficient (Wildman–Crippen LogP) is 2.95. The van der Waals surface area contributed by atoms with Gasteiger partial charge >= 0.3 is 5.97 Å². The average molecular weight is 291 g/mol. The molecule has 4 nitrogen and oxygen atoms in total. The fourth-order valence-corrected chi connectivity index (χ4v) is 3.04. The van der Waals surface area contributed by atoms with Gasteiger partial charge in [-0.25, -0.2) is 0 Å². The highest BCUT2D eigenvalue weighted by Gasteiger charge is 2.40. The molecule has 4 heteroatoms. The first-order valence-electron chi connectivity index (χ1n) is 7.71. The number of carboxylic acids is 1. The molecule has 0 radical (unpaired) electrons. The Bertz CT molecular complexity index is 489. The molecule has 0 bridgehead atoms. The number of carbonyl (C=O) groups is 1. The summed E-state index contributed by atoms with van der Waals surface area (Å²) in [6.07, 6.45) is 2.43. The first-order chi connectivity index (χ1) is 10.1. The van der Waals surface area contributed by atoms with Gasteiger partial charge in [0.1, 0.15) is 12.4 Å². The van der Waals surface area contributed by atoms with Crippen LogP contribution in [0.3, 0.4) is 0 Å². The molecule has 0 aliphatic carbocycles. The van der Waals surface area contributed by atoms with Crippen molar-refractivity contribution in [2.75, 3.05) is 26.2 Å². The molecule has 0 aromatic heterocycles. The summed E-state index contributed by atoms with van der Waals surface area (Å²) >= 11 is 0. The topological polar surface area (TPSA) is 49.8 Å². The number of ether oxygens (including phenoxy) is 1. The van der Waals surface area contributed by atoms with Crippen molar-refractivity contribution in [3.63, 3.8) is 0 Å². The molecule has 116 valence electrons. The number of hydrogen-bond acceptors (Lipinski definition) is 3. The molecule has 1 unspecified atom stereocenters. The molecule has 0 spiro atoms. The highest BCUT2D eigenvalue weighted by molar-refractivity contribution is 5.75. The number of para-hydroxylation sites is 1. The van der Waals surface area contributed by atoms with Crippen LogP contribution in [0.25, 0.3) is 0 Å². The van der Waals surface area contributed by atoms with Crippen molar-refractivity contribution in [1.29, 1.82) is 0 Å². The lowest BCUT2D eigenvalue weighted by Gasteiger charge is -2.39. The van der Waals surface area contributed by atoms with Gasteiger partial charge in [-0.2, -0.15) is 0 Å². The number of benzene rings is 1. The molecule has 1 aliphatic heterocycles. The normalized spacial score (nSPS) is 23.0. The predicted molar refractivity (Wildman–Crippen MR) is 82.7 cm³/mol. The van der Waals surface area contributed by atoms with Crippen LogP contribution in [0, 0.1) is 12.3 Å². The van der Waals surface area contributed by atoms with Crippen LogP contribution in [-0.2, 0) is 4.79 Å². The van der Waals surface area contributed by atoms with Gasteiger partial charge in [0, 0.05) is 13.1 Å². The van der Waals surface area contributed by atoms with Gasteiger partial charge in [0.25, 0.3) is 0 Å². The Morgan fingerprint density at radius 2 is 2.19 bits per heavy atom. The second kappa shape index (κ2) is 6.94. The molecule has 0 saturated carbocycles. The van der Waals surface area contributed by atoms with Gasteiger partial charge in [0.2, 0.25) is 0 Å². The third-order valence-corrected chi connectivity index (χ3v) is 4.55.